The summed E-state index contributed by atoms with van der Waals surface area (Å²) in [7, 11) is 0. The number of carbonyl (C=O) groups is 2. The van der Waals surface area contributed by atoms with E-state index in [0.29, 0.717) is 16.6 Å². The summed E-state index contributed by atoms with van der Waals surface area (Å²) in [6.07, 6.45) is 9.78. The fourth-order valence-electron chi connectivity index (χ4n) is 5.63. The Morgan fingerprint density at radius 3 is 2.33 bits per heavy atom. The molecule has 1 saturated carbocycles. The van der Waals surface area contributed by atoms with E-state index in [2.05, 4.69) is 21.8 Å². The number of nitrogens with zero attached hydrogens (tertiary/aromatic N) is 3. The molecule has 0 spiro atoms. The van der Waals surface area contributed by atoms with E-state index in [1.54, 1.807) is 12.3 Å². The Morgan fingerprint density at radius 2 is 1.67 bits per heavy atom. The first kappa shape index (κ1) is 20.7. The molecule has 2 heterocycles. The van der Waals surface area contributed by atoms with E-state index in [1.807, 2.05) is 42.6 Å². The summed E-state index contributed by atoms with van der Waals surface area (Å²) < 4.78 is 2.09. The molecule has 0 unspecified atom stereocenters. The van der Waals surface area contributed by atoms with Gasteiger partial charge < -0.3 is 4.57 Å². The summed E-state index contributed by atoms with van der Waals surface area (Å²) in [6, 6.07) is 13.4. The summed E-state index contributed by atoms with van der Waals surface area (Å²) in [5.74, 6) is -0.544. The van der Waals surface area contributed by atoms with Crippen molar-refractivity contribution < 1.29 is 9.59 Å². The average molecular weight is 478 g/mol. The van der Waals surface area contributed by atoms with Crippen LogP contribution in [0.25, 0.3) is 10.9 Å². The number of carbonyl (C=O) groups excluding carboxylic acids is 2. The second kappa shape index (κ2) is 7.86. The van der Waals surface area contributed by atoms with Crippen LogP contribution in [0.3, 0.4) is 0 Å². The fraction of sp³-hybridized carbons (Fsp3) is 0.269. The van der Waals surface area contributed by atoms with Crippen LogP contribution in [0.2, 0.25) is 10.0 Å². The number of allylic oxidation sites excluding steroid dienone is 2. The quantitative estimate of drug-likeness (QED) is 0.282. The minimum atomic E-state index is -0.258. The Balaban J connectivity index is 1.32. The van der Waals surface area contributed by atoms with Crippen LogP contribution in [0.5, 0.6) is 0 Å². The Kier molecular flexibility index (Phi) is 4.93. The molecule has 2 aromatic carbocycles. The number of hydrogen-bond donors (Lipinski definition) is 0. The smallest absolute Gasteiger partial charge is 0.254 e. The van der Waals surface area contributed by atoms with Gasteiger partial charge >= 0.3 is 0 Å². The van der Waals surface area contributed by atoms with Crippen molar-refractivity contribution in [2.45, 2.75) is 19.4 Å². The molecule has 3 aliphatic carbocycles. The zero-order chi connectivity index (χ0) is 22.7. The zero-order valence-electron chi connectivity index (χ0n) is 17.7. The highest BCUT2D eigenvalue weighted by Crippen LogP contribution is 2.49. The number of imide groups is 1. The summed E-state index contributed by atoms with van der Waals surface area (Å²) in [5.41, 5.74) is 2.80. The summed E-state index contributed by atoms with van der Waals surface area (Å²) in [4.78, 5) is 26.1. The van der Waals surface area contributed by atoms with Crippen LogP contribution in [-0.2, 0) is 16.1 Å². The average Bonchev–Trinajstić information content (AvgIpc) is 3.31. The molecule has 0 N–H and O–H groups in total. The van der Waals surface area contributed by atoms with E-state index < -0.39 is 0 Å². The molecule has 5 nitrogen and oxygen atoms in total. The predicted molar refractivity (Wildman–Crippen MR) is 129 cm³/mol. The molecule has 2 bridgehead atoms. The van der Waals surface area contributed by atoms with Crippen LogP contribution in [0.4, 0.5) is 0 Å². The van der Waals surface area contributed by atoms with Gasteiger partial charge in [-0.25, -0.2) is 0 Å². The third-order valence-corrected chi connectivity index (χ3v) is 7.81. The van der Waals surface area contributed by atoms with Crippen molar-refractivity contribution in [3.63, 3.8) is 0 Å². The molecule has 1 saturated heterocycles. The number of hydrogen-bond acceptors (Lipinski definition) is 3. The van der Waals surface area contributed by atoms with Gasteiger partial charge in [0.2, 0.25) is 0 Å². The van der Waals surface area contributed by atoms with Crippen molar-refractivity contribution in [1.82, 2.24) is 9.58 Å². The Hall–Kier alpha value is -2.89. The topological polar surface area (TPSA) is 54.7 Å². The maximum absolute atomic E-state index is 13.1. The van der Waals surface area contributed by atoms with E-state index in [-0.39, 0.29) is 35.5 Å². The second-order valence-corrected chi connectivity index (χ2v) is 9.88. The molecule has 4 aliphatic rings. The molecule has 3 aromatic rings. The largest absolute Gasteiger partial charge is 0.342 e. The van der Waals surface area contributed by atoms with Gasteiger partial charge in [0.05, 0.1) is 18.1 Å². The van der Waals surface area contributed by atoms with Crippen molar-refractivity contribution in [3.8, 4) is 0 Å². The highest BCUT2D eigenvalue weighted by molar-refractivity contribution is 6.35. The van der Waals surface area contributed by atoms with Crippen molar-refractivity contribution in [1.29, 1.82) is 0 Å². The van der Waals surface area contributed by atoms with Gasteiger partial charge in [-0.2, -0.15) is 10.1 Å². The van der Waals surface area contributed by atoms with Gasteiger partial charge in [0.1, 0.15) is 0 Å². The highest BCUT2D eigenvalue weighted by Gasteiger charge is 2.56. The van der Waals surface area contributed by atoms with Crippen molar-refractivity contribution in [2.75, 3.05) is 0 Å². The maximum Gasteiger partial charge on any atom is 0.254 e. The molecule has 33 heavy (non-hydrogen) atoms. The minimum absolute atomic E-state index is 0.155. The Labute approximate surface area is 201 Å². The Bertz CT molecular complexity index is 1330. The normalized spacial score (nSPS) is 26.2. The molecular formula is C26H21Cl2N3O2. The van der Waals surface area contributed by atoms with Crippen molar-refractivity contribution in [2.24, 2.45) is 28.8 Å². The summed E-state index contributed by atoms with van der Waals surface area (Å²) in [5, 5.41) is 7.70. The molecule has 2 amide bonds. The number of fused-ring (bicyclic) bond motifs is 2. The number of hydrazone groups is 1. The Morgan fingerprint density at radius 1 is 0.970 bits per heavy atom. The lowest BCUT2D eigenvalue weighted by Gasteiger charge is -2.37. The monoisotopic (exact) mass is 477 g/mol. The third-order valence-electron chi connectivity index (χ3n) is 7.22. The summed E-state index contributed by atoms with van der Waals surface area (Å²) >= 11 is 12.4. The molecule has 166 valence electrons. The van der Waals surface area contributed by atoms with Gasteiger partial charge in [-0.3, -0.25) is 9.59 Å². The van der Waals surface area contributed by atoms with Gasteiger partial charge in [0.15, 0.2) is 0 Å². The number of amides is 2. The first-order valence-electron chi connectivity index (χ1n) is 11.1. The second-order valence-electron chi connectivity index (χ2n) is 9.04. The zero-order valence-corrected chi connectivity index (χ0v) is 19.2. The van der Waals surface area contributed by atoms with E-state index >= 15 is 0 Å². The van der Waals surface area contributed by atoms with E-state index in [0.717, 1.165) is 39.9 Å². The van der Waals surface area contributed by atoms with Gasteiger partial charge in [-0.15, -0.1) is 0 Å². The SMILES string of the molecule is O=C1[C@@H]2[C@@H](C(=O)N1/N=C\c1cn(Cc3ccc(Cl)cc3Cl)c3ccccc13)[C@H]1C=C[C@H]2CC1. The van der Waals surface area contributed by atoms with E-state index in [4.69, 9.17) is 23.2 Å². The van der Waals surface area contributed by atoms with Crippen LogP contribution in [-0.4, -0.2) is 27.6 Å². The van der Waals surface area contributed by atoms with Crippen LogP contribution < -0.4 is 0 Å². The molecule has 0 radical (unpaired) electrons. The first-order chi connectivity index (χ1) is 16.0. The number of aromatic nitrogens is 1. The molecule has 4 atom stereocenters. The van der Waals surface area contributed by atoms with E-state index in [1.165, 1.54) is 0 Å². The predicted octanol–water partition coefficient (Wildman–Crippen LogP) is 5.53. The number of benzene rings is 2. The van der Waals surface area contributed by atoms with Crippen LogP contribution in [0.1, 0.15) is 24.0 Å². The number of rotatable bonds is 4. The van der Waals surface area contributed by atoms with E-state index in [9.17, 15) is 9.59 Å². The lowest BCUT2D eigenvalue weighted by atomic mass is 9.63. The molecule has 7 rings (SSSR count). The maximum atomic E-state index is 13.1. The first-order valence-corrected chi connectivity index (χ1v) is 11.9. The third kappa shape index (κ3) is 3.33. The van der Waals surface area contributed by atoms with Gasteiger partial charge in [0, 0.05) is 39.3 Å². The summed E-state index contributed by atoms with van der Waals surface area (Å²) in [6.45, 7) is 0.561. The van der Waals surface area contributed by atoms with Gasteiger partial charge in [0.25, 0.3) is 11.8 Å². The molecule has 1 aromatic heterocycles. The van der Waals surface area contributed by atoms with Crippen molar-refractivity contribution >= 4 is 52.1 Å². The van der Waals surface area contributed by atoms with Crippen molar-refractivity contribution in [3.05, 3.63) is 82.0 Å². The number of para-hydroxylation sites is 1. The standard InChI is InChI=1S/C26H21Cl2N3O2/c27-19-10-9-17(21(28)11-19)13-30-14-18(20-3-1-2-4-22(20)30)12-29-31-25(32)23-15-5-6-16(8-7-15)24(23)26(31)33/h1-6,9-12,14-16,23-24H,7-8,13H2/b29-12-/t15-,16-,23-,24-/m0/s1. The van der Waals surface area contributed by atoms with Gasteiger partial charge in [-0.05, 0) is 48.4 Å². The molecule has 2 fully saturated rings. The lowest BCUT2D eigenvalue weighted by molar-refractivity contribution is -0.140. The fourth-order valence-corrected chi connectivity index (χ4v) is 6.10. The molecule has 7 heteroatoms. The lowest BCUT2D eigenvalue weighted by Crippen LogP contribution is -2.38. The minimum Gasteiger partial charge on any atom is -0.342 e. The van der Waals surface area contributed by atoms with Gasteiger partial charge in [-0.1, -0.05) is 59.6 Å². The highest BCUT2D eigenvalue weighted by atomic mass is 35.5. The molecule has 1 aliphatic heterocycles. The van der Waals surface area contributed by atoms with Crippen LogP contribution in [0.15, 0.2) is 65.9 Å². The van der Waals surface area contributed by atoms with Crippen LogP contribution in [0, 0.1) is 23.7 Å². The molecular weight excluding hydrogens is 457 g/mol. The van der Waals surface area contributed by atoms with Crippen LogP contribution >= 0.6 is 23.2 Å². The number of halogens is 2.